The third-order valence-electron chi connectivity index (χ3n) is 3.52. The molecule has 4 nitrogen and oxygen atoms in total. The number of nitrogens with zero attached hydrogens (tertiary/aromatic N) is 3. The molecule has 0 saturated heterocycles. The van der Waals surface area contributed by atoms with Gasteiger partial charge in [0.25, 0.3) is 0 Å². The van der Waals surface area contributed by atoms with Crippen LogP contribution in [0.4, 0.5) is 4.39 Å². The Morgan fingerprint density at radius 1 is 1.08 bits per heavy atom. The van der Waals surface area contributed by atoms with E-state index in [9.17, 15) is 4.39 Å². The van der Waals surface area contributed by atoms with E-state index >= 15 is 0 Å². The summed E-state index contributed by atoms with van der Waals surface area (Å²) in [5, 5.41) is 11.2. The first-order valence-electron chi connectivity index (χ1n) is 7.33. The van der Waals surface area contributed by atoms with Crippen molar-refractivity contribution >= 4 is 22.5 Å². The van der Waals surface area contributed by atoms with Crippen LogP contribution in [0.5, 0.6) is 0 Å². The third-order valence-corrected chi connectivity index (χ3v) is 4.53. The van der Waals surface area contributed by atoms with E-state index in [0.717, 1.165) is 21.5 Å². The minimum absolute atomic E-state index is 0.312. The fourth-order valence-corrected chi connectivity index (χ4v) is 3.24. The Hall–Kier alpha value is -2.73. The Bertz CT molecular complexity index is 997. The molecule has 118 valence electrons. The van der Waals surface area contributed by atoms with Crippen molar-refractivity contribution in [2.24, 2.45) is 0 Å². The lowest BCUT2D eigenvalue weighted by Crippen LogP contribution is -1.89. The highest BCUT2D eigenvalue weighted by Crippen LogP contribution is 2.28. The zero-order chi connectivity index (χ0) is 16.4. The maximum atomic E-state index is 13.3. The van der Waals surface area contributed by atoms with Gasteiger partial charge in [-0.15, -0.1) is 5.10 Å². The lowest BCUT2D eigenvalue weighted by molar-refractivity contribution is 0.571. The molecule has 0 N–H and O–H groups in total. The number of hydrogen-bond acceptors (Lipinski definition) is 5. The van der Waals surface area contributed by atoms with Crippen LogP contribution in [0.25, 0.3) is 22.2 Å². The molecule has 0 radical (unpaired) electrons. The summed E-state index contributed by atoms with van der Waals surface area (Å²) in [6.07, 6.45) is 3.34. The number of aromatic nitrogens is 3. The second kappa shape index (κ2) is 6.41. The summed E-state index contributed by atoms with van der Waals surface area (Å²) in [7, 11) is 0. The van der Waals surface area contributed by atoms with Crippen LogP contribution in [0.15, 0.2) is 70.4 Å². The highest BCUT2D eigenvalue weighted by Gasteiger charge is 2.10. The fraction of sp³-hybridized carbons (Fsp3) is 0.0556. The van der Waals surface area contributed by atoms with Crippen molar-refractivity contribution < 1.29 is 8.81 Å². The van der Waals surface area contributed by atoms with Crippen LogP contribution in [-0.4, -0.2) is 15.2 Å². The molecule has 2 aromatic carbocycles. The molecule has 0 aliphatic heterocycles. The number of thioether (sulfide) groups is 1. The molecular formula is C18H12FN3OS. The zero-order valence-corrected chi connectivity index (χ0v) is 13.3. The Morgan fingerprint density at radius 2 is 2.00 bits per heavy atom. The molecule has 0 aliphatic carbocycles. The first-order chi connectivity index (χ1) is 11.8. The van der Waals surface area contributed by atoms with Crippen LogP contribution >= 0.6 is 11.8 Å². The van der Waals surface area contributed by atoms with Crippen LogP contribution in [0, 0.1) is 5.82 Å². The average molecular weight is 337 g/mol. The van der Waals surface area contributed by atoms with Crippen LogP contribution in [0.3, 0.4) is 0 Å². The first kappa shape index (κ1) is 14.8. The van der Waals surface area contributed by atoms with E-state index in [1.54, 1.807) is 36.4 Å². The van der Waals surface area contributed by atoms with E-state index in [4.69, 9.17) is 4.42 Å². The van der Waals surface area contributed by atoms with Gasteiger partial charge in [-0.05, 0) is 18.2 Å². The van der Waals surface area contributed by atoms with Gasteiger partial charge in [-0.25, -0.2) is 9.37 Å². The predicted octanol–water partition coefficient (Wildman–Crippen LogP) is 4.72. The maximum Gasteiger partial charge on any atom is 0.226 e. The van der Waals surface area contributed by atoms with Crippen molar-refractivity contribution in [3.05, 3.63) is 72.5 Å². The summed E-state index contributed by atoms with van der Waals surface area (Å²) in [5.41, 5.74) is 1.39. The highest BCUT2D eigenvalue weighted by molar-refractivity contribution is 7.98. The summed E-state index contributed by atoms with van der Waals surface area (Å²) in [6, 6.07) is 14.2. The van der Waals surface area contributed by atoms with E-state index in [0.29, 0.717) is 17.2 Å². The minimum Gasteiger partial charge on any atom is -0.444 e. The summed E-state index contributed by atoms with van der Waals surface area (Å²) in [5.74, 6) is 0.698. The van der Waals surface area contributed by atoms with Gasteiger partial charge in [0.05, 0.1) is 11.9 Å². The smallest absolute Gasteiger partial charge is 0.226 e. The lowest BCUT2D eigenvalue weighted by Gasteiger charge is -2.02. The fourth-order valence-electron chi connectivity index (χ4n) is 2.38. The molecule has 0 unspecified atom stereocenters. The third kappa shape index (κ3) is 3.00. The van der Waals surface area contributed by atoms with Crippen LogP contribution in [0.2, 0.25) is 0 Å². The second-order valence-electron chi connectivity index (χ2n) is 5.18. The number of hydrogen-bond donors (Lipinski definition) is 0. The Balaban J connectivity index is 1.54. The molecule has 0 spiro atoms. The molecule has 2 aromatic heterocycles. The normalized spacial score (nSPS) is 11.0. The van der Waals surface area contributed by atoms with Gasteiger partial charge >= 0.3 is 0 Å². The van der Waals surface area contributed by atoms with Gasteiger partial charge in [0.15, 0.2) is 0 Å². The maximum absolute atomic E-state index is 13.3. The molecule has 0 saturated carbocycles. The van der Waals surface area contributed by atoms with E-state index in [1.807, 2.05) is 24.3 Å². The van der Waals surface area contributed by atoms with Gasteiger partial charge in [0, 0.05) is 22.1 Å². The highest BCUT2D eigenvalue weighted by atomic mass is 32.2. The average Bonchev–Trinajstić information content (AvgIpc) is 3.09. The van der Waals surface area contributed by atoms with Gasteiger partial charge in [0.2, 0.25) is 5.89 Å². The molecule has 4 rings (SSSR count). The monoisotopic (exact) mass is 337 g/mol. The Kier molecular flexibility index (Phi) is 3.96. The molecule has 2 heterocycles. The minimum atomic E-state index is -0.312. The van der Waals surface area contributed by atoms with Gasteiger partial charge in [-0.1, -0.05) is 42.1 Å². The Morgan fingerprint density at radius 3 is 2.92 bits per heavy atom. The number of rotatable bonds is 4. The first-order valence-corrected chi connectivity index (χ1v) is 8.32. The number of halogens is 1. The van der Waals surface area contributed by atoms with Gasteiger partial charge in [-0.2, -0.15) is 5.10 Å². The molecule has 24 heavy (non-hydrogen) atoms. The van der Waals surface area contributed by atoms with Gasteiger partial charge in [0.1, 0.15) is 17.1 Å². The molecule has 0 amide bonds. The van der Waals surface area contributed by atoms with Crippen LogP contribution in [-0.2, 0) is 5.75 Å². The molecule has 0 atom stereocenters. The molecule has 0 aliphatic rings. The van der Waals surface area contributed by atoms with Crippen molar-refractivity contribution in [2.75, 3.05) is 0 Å². The SMILES string of the molecule is Fc1cccc(-c2nc(CSc3nncc4ccccc34)co2)c1. The summed E-state index contributed by atoms with van der Waals surface area (Å²) in [4.78, 5) is 4.41. The van der Waals surface area contributed by atoms with E-state index in [-0.39, 0.29) is 5.82 Å². The number of oxazole rings is 1. The van der Waals surface area contributed by atoms with Gasteiger partial charge in [-0.3, -0.25) is 0 Å². The van der Waals surface area contributed by atoms with Crippen molar-refractivity contribution in [1.29, 1.82) is 0 Å². The van der Waals surface area contributed by atoms with Crippen molar-refractivity contribution in [3.8, 4) is 11.5 Å². The standard InChI is InChI=1S/C18H12FN3OS/c19-14-6-3-5-12(8-14)17-21-15(10-23-17)11-24-18-16-7-2-1-4-13(16)9-20-22-18/h1-10H,11H2. The van der Waals surface area contributed by atoms with E-state index < -0.39 is 0 Å². The molecule has 0 bridgehead atoms. The number of benzene rings is 2. The van der Waals surface area contributed by atoms with Crippen molar-refractivity contribution in [2.45, 2.75) is 10.8 Å². The van der Waals surface area contributed by atoms with Gasteiger partial charge < -0.3 is 4.42 Å². The molecule has 4 aromatic rings. The van der Waals surface area contributed by atoms with Crippen molar-refractivity contribution in [1.82, 2.24) is 15.2 Å². The second-order valence-corrected chi connectivity index (χ2v) is 6.14. The summed E-state index contributed by atoms with van der Waals surface area (Å²) in [6.45, 7) is 0. The van der Waals surface area contributed by atoms with Crippen LogP contribution in [0.1, 0.15) is 5.69 Å². The molecule has 0 fully saturated rings. The molecule has 6 heteroatoms. The van der Waals surface area contributed by atoms with Crippen molar-refractivity contribution in [3.63, 3.8) is 0 Å². The topological polar surface area (TPSA) is 51.8 Å². The zero-order valence-electron chi connectivity index (χ0n) is 12.5. The van der Waals surface area contributed by atoms with E-state index in [2.05, 4.69) is 15.2 Å². The largest absolute Gasteiger partial charge is 0.444 e. The van der Waals surface area contributed by atoms with E-state index in [1.165, 1.54) is 12.1 Å². The molecular weight excluding hydrogens is 325 g/mol. The summed E-state index contributed by atoms with van der Waals surface area (Å²) >= 11 is 1.54. The number of fused-ring (bicyclic) bond motifs is 1. The summed E-state index contributed by atoms with van der Waals surface area (Å²) < 4.78 is 18.7. The predicted molar refractivity (Wildman–Crippen MR) is 91.0 cm³/mol. The van der Waals surface area contributed by atoms with Crippen LogP contribution < -0.4 is 0 Å². The Labute approximate surface area is 141 Å². The lowest BCUT2D eigenvalue weighted by atomic mass is 10.2. The quantitative estimate of drug-likeness (QED) is 0.505.